The molecule has 2 rings (SSSR count). The van der Waals surface area contributed by atoms with Gasteiger partial charge in [0.25, 0.3) is 0 Å². The Morgan fingerprint density at radius 2 is 1.77 bits per heavy atom. The number of ether oxygens (including phenoxy) is 2. The number of methoxy groups -OCH3 is 1. The van der Waals surface area contributed by atoms with Gasteiger partial charge in [-0.05, 0) is 79.6 Å². The van der Waals surface area contributed by atoms with Crippen molar-refractivity contribution in [2.24, 2.45) is 11.8 Å². The van der Waals surface area contributed by atoms with E-state index in [0.717, 1.165) is 55.1 Å². The van der Waals surface area contributed by atoms with E-state index >= 15 is 0 Å². The zero-order valence-electron chi connectivity index (χ0n) is 27.7. The first-order chi connectivity index (χ1) is 20.5. The van der Waals surface area contributed by atoms with Gasteiger partial charge in [0.15, 0.2) is 0 Å². The Hall–Kier alpha value is -2.38. The molecule has 5 unspecified atom stereocenters. The van der Waals surface area contributed by atoms with E-state index in [4.69, 9.17) is 21.1 Å². The number of aryl methyl sites for hydroxylation is 1. The van der Waals surface area contributed by atoms with E-state index in [1.807, 2.05) is 37.4 Å². The number of benzene rings is 2. The molecule has 0 aliphatic rings. The van der Waals surface area contributed by atoms with Crippen molar-refractivity contribution in [2.75, 3.05) is 47.4 Å². The topological polar surface area (TPSA) is 62.2 Å². The van der Waals surface area contributed by atoms with E-state index in [9.17, 15) is 9.90 Å². The third-order valence-electron chi connectivity index (χ3n) is 8.40. The summed E-state index contributed by atoms with van der Waals surface area (Å²) in [7, 11) is 5.81. The summed E-state index contributed by atoms with van der Waals surface area (Å²) < 4.78 is 12.3. The second-order valence-electron chi connectivity index (χ2n) is 12.0. The number of rotatable bonds is 19. The van der Waals surface area contributed by atoms with Gasteiger partial charge in [-0.25, -0.2) is 0 Å². The van der Waals surface area contributed by atoms with Crippen LogP contribution in [0.15, 0.2) is 54.6 Å². The first-order valence-corrected chi connectivity index (χ1v) is 16.2. The van der Waals surface area contributed by atoms with Crippen molar-refractivity contribution in [2.45, 2.75) is 78.4 Å². The maximum atomic E-state index is 11.5. The number of hydrogen-bond donors (Lipinski definition) is 1. The van der Waals surface area contributed by atoms with Gasteiger partial charge in [0.2, 0.25) is 5.91 Å². The molecule has 1 N–H and O–H groups in total. The van der Waals surface area contributed by atoms with Crippen molar-refractivity contribution in [3.63, 3.8) is 0 Å². The van der Waals surface area contributed by atoms with E-state index in [1.54, 1.807) is 25.9 Å². The summed E-state index contributed by atoms with van der Waals surface area (Å²) in [5, 5.41) is 10.6. The average molecular weight is 615 g/mol. The summed E-state index contributed by atoms with van der Waals surface area (Å²) >= 11 is 6.42. The minimum absolute atomic E-state index is 0.0206. The van der Waals surface area contributed by atoms with Crippen LogP contribution in [-0.2, 0) is 16.0 Å². The van der Waals surface area contributed by atoms with Crippen molar-refractivity contribution in [1.82, 2.24) is 9.80 Å². The molecule has 0 saturated heterocycles. The molecular formula is C36H55ClN2O4. The monoisotopic (exact) mass is 614 g/mol. The van der Waals surface area contributed by atoms with Gasteiger partial charge in [-0.2, -0.15) is 0 Å². The van der Waals surface area contributed by atoms with Gasteiger partial charge in [-0.3, -0.25) is 4.79 Å². The van der Waals surface area contributed by atoms with Crippen LogP contribution in [0.2, 0.25) is 5.02 Å². The van der Waals surface area contributed by atoms with Crippen LogP contribution in [0.4, 0.5) is 0 Å². The first-order valence-electron chi connectivity index (χ1n) is 15.8. The molecule has 0 fully saturated rings. The third kappa shape index (κ3) is 12.3. The predicted octanol–water partition coefficient (Wildman–Crippen LogP) is 7.54. The quantitative estimate of drug-likeness (QED) is 0.166. The normalized spacial score (nSPS) is 15.3. The van der Waals surface area contributed by atoms with Gasteiger partial charge in [-0.1, -0.05) is 75.6 Å². The second kappa shape index (κ2) is 19.1. The Morgan fingerprint density at radius 3 is 2.35 bits per heavy atom. The molecule has 240 valence electrons. The van der Waals surface area contributed by atoms with Crippen LogP contribution in [0.3, 0.4) is 0 Å². The van der Waals surface area contributed by atoms with Gasteiger partial charge in [0.05, 0.1) is 18.8 Å². The van der Waals surface area contributed by atoms with Gasteiger partial charge in [-0.15, -0.1) is 0 Å². The van der Waals surface area contributed by atoms with Crippen molar-refractivity contribution in [3.05, 3.63) is 76.3 Å². The number of halogens is 1. The van der Waals surface area contributed by atoms with E-state index in [1.165, 1.54) is 11.1 Å². The molecule has 0 bridgehead atoms. The van der Waals surface area contributed by atoms with Crippen molar-refractivity contribution in [3.8, 4) is 5.75 Å². The van der Waals surface area contributed by atoms with Crippen LogP contribution in [0, 0.1) is 11.8 Å². The van der Waals surface area contributed by atoms with Crippen LogP contribution < -0.4 is 4.74 Å². The predicted molar refractivity (Wildman–Crippen MR) is 179 cm³/mol. The summed E-state index contributed by atoms with van der Waals surface area (Å²) in [5.41, 5.74) is 3.44. The molecule has 6 nitrogen and oxygen atoms in total. The zero-order valence-corrected chi connectivity index (χ0v) is 28.4. The fourth-order valence-electron chi connectivity index (χ4n) is 5.83. The van der Waals surface area contributed by atoms with Crippen LogP contribution in [0.5, 0.6) is 5.75 Å². The Kier molecular flexibility index (Phi) is 16.4. The van der Waals surface area contributed by atoms with Gasteiger partial charge >= 0.3 is 0 Å². The Morgan fingerprint density at radius 1 is 1.07 bits per heavy atom. The summed E-state index contributed by atoms with van der Waals surface area (Å²) in [6.07, 6.45) is 7.67. The van der Waals surface area contributed by atoms with E-state index in [2.05, 4.69) is 57.0 Å². The van der Waals surface area contributed by atoms with Crippen molar-refractivity contribution >= 4 is 17.5 Å². The molecule has 5 atom stereocenters. The maximum Gasteiger partial charge on any atom is 0.219 e. The maximum absolute atomic E-state index is 11.5. The molecule has 2 aromatic rings. The summed E-state index contributed by atoms with van der Waals surface area (Å²) in [4.78, 5) is 15.7. The molecule has 0 spiro atoms. The summed E-state index contributed by atoms with van der Waals surface area (Å²) in [5.74, 6) is 1.80. The van der Waals surface area contributed by atoms with E-state index in [-0.39, 0.29) is 17.9 Å². The van der Waals surface area contributed by atoms with Gasteiger partial charge in [0.1, 0.15) is 5.75 Å². The zero-order chi connectivity index (χ0) is 31.9. The van der Waals surface area contributed by atoms with Crippen LogP contribution >= 0.6 is 11.6 Å². The summed E-state index contributed by atoms with van der Waals surface area (Å²) in [6, 6.07) is 14.0. The van der Waals surface area contributed by atoms with Crippen LogP contribution in [-0.4, -0.2) is 74.4 Å². The number of likely N-dealkylation sites (N-methyl/N-ethyl adjacent to an activating group) is 1. The standard InChI is InChI=1S/C36H55ClN2O4/c1-9-13-30-22-32(37)17-20-35(30)31(25-43-33-18-15-29(16-19-33)27(4)40)24-38(6)23-26(3)34(10-2)36(42-8)14-11-12-21-39(7)28(5)41/h11,14-20,22,26-27,31,34,36,40H,9-10,12-13,21,23-25H2,1-8H3/b14-11+. The van der Waals surface area contributed by atoms with Crippen LogP contribution in [0.25, 0.3) is 0 Å². The average Bonchev–Trinajstić information content (AvgIpc) is 2.97. The number of aliphatic hydroxyl groups is 1. The minimum atomic E-state index is -0.503. The van der Waals surface area contributed by atoms with E-state index < -0.39 is 6.10 Å². The lowest BCUT2D eigenvalue weighted by Crippen LogP contribution is -2.37. The second-order valence-corrected chi connectivity index (χ2v) is 12.4. The molecular weight excluding hydrogens is 560 g/mol. The van der Waals surface area contributed by atoms with Crippen LogP contribution in [0.1, 0.15) is 82.6 Å². The number of aliphatic hydroxyl groups excluding tert-OH is 1. The lowest BCUT2D eigenvalue weighted by Gasteiger charge is -2.33. The summed E-state index contributed by atoms with van der Waals surface area (Å²) in [6.45, 7) is 13.1. The number of carbonyl (C=O) groups excluding carboxylic acids is 1. The molecule has 0 saturated carbocycles. The Labute approximate surface area is 266 Å². The first kappa shape index (κ1) is 36.8. The highest BCUT2D eigenvalue weighted by molar-refractivity contribution is 6.30. The Balaban J connectivity index is 2.16. The molecule has 43 heavy (non-hydrogen) atoms. The van der Waals surface area contributed by atoms with Gasteiger partial charge < -0.3 is 24.4 Å². The fourth-order valence-corrected chi connectivity index (χ4v) is 6.02. The molecule has 1 amide bonds. The lowest BCUT2D eigenvalue weighted by atomic mass is 9.85. The smallest absolute Gasteiger partial charge is 0.219 e. The van der Waals surface area contributed by atoms with E-state index in [0.29, 0.717) is 25.0 Å². The SMILES string of the molecule is CCCc1cc(Cl)ccc1C(COc1ccc(C(C)O)cc1)CN(C)CC(C)C(CC)C(/C=C/CCN(C)C(C)=O)OC. The minimum Gasteiger partial charge on any atom is -0.493 e. The molecule has 2 aromatic carbocycles. The number of carbonyl (C=O) groups is 1. The molecule has 0 aliphatic carbocycles. The molecule has 0 heterocycles. The highest BCUT2D eigenvalue weighted by atomic mass is 35.5. The van der Waals surface area contributed by atoms with Gasteiger partial charge in [0, 0.05) is 51.7 Å². The largest absolute Gasteiger partial charge is 0.493 e. The number of amides is 1. The third-order valence-corrected chi connectivity index (χ3v) is 8.64. The molecule has 0 aliphatic heterocycles. The number of hydrogen-bond acceptors (Lipinski definition) is 5. The fraction of sp³-hybridized carbons (Fsp3) is 0.583. The molecule has 7 heteroatoms. The lowest BCUT2D eigenvalue weighted by molar-refractivity contribution is -0.127. The molecule has 0 radical (unpaired) electrons. The molecule has 0 aromatic heterocycles. The highest BCUT2D eigenvalue weighted by Gasteiger charge is 2.26. The number of nitrogens with zero attached hydrogens (tertiary/aromatic N) is 2. The van der Waals surface area contributed by atoms with Crippen molar-refractivity contribution < 1.29 is 19.4 Å². The van der Waals surface area contributed by atoms with Crippen molar-refractivity contribution in [1.29, 1.82) is 0 Å². The Bertz CT molecular complexity index is 1120. The highest BCUT2D eigenvalue weighted by Crippen LogP contribution is 2.29.